The van der Waals surface area contributed by atoms with Crippen LogP contribution in [-0.4, -0.2) is 37.9 Å². The molecular weight excluding hydrogens is 399 g/mol. The fourth-order valence-electron chi connectivity index (χ4n) is 2.84. The molecule has 2 fully saturated rings. The van der Waals surface area contributed by atoms with Gasteiger partial charge >= 0.3 is 0 Å². The van der Waals surface area contributed by atoms with Crippen LogP contribution in [0.3, 0.4) is 0 Å². The minimum Gasteiger partial charge on any atom is -0.313 e. The van der Waals surface area contributed by atoms with Crippen molar-refractivity contribution in [1.82, 2.24) is 9.62 Å². The van der Waals surface area contributed by atoms with Gasteiger partial charge in [0.1, 0.15) is 0 Å². The second-order valence-corrected chi connectivity index (χ2v) is 9.04. The van der Waals surface area contributed by atoms with Gasteiger partial charge in [-0.05, 0) is 79.1 Å². The van der Waals surface area contributed by atoms with E-state index in [1.807, 2.05) is 12.1 Å². The van der Waals surface area contributed by atoms with E-state index in [1.165, 1.54) is 12.8 Å². The zero-order valence-corrected chi connectivity index (χ0v) is 14.9. The summed E-state index contributed by atoms with van der Waals surface area (Å²) < 4.78 is 28.6. The number of benzene rings is 1. The molecule has 1 aliphatic heterocycles. The van der Waals surface area contributed by atoms with Gasteiger partial charge in [-0.1, -0.05) is 6.42 Å². The summed E-state index contributed by atoms with van der Waals surface area (Å²) in [4.78, 5) is 0.422. The van der Waals surface area contributed by atoms with Crippen molar-refractivity contribution in [3.8, 4) is 0 Å². The smallest absolute Gasteiger partial charge is 0.243 e. The average Bonchev–Trinajstić information content (AvgIpc) is 3.31. The highest BCUT2D eigenvalue weighted by atomic mass is 127. The lowest BCUT2D eigenvalue weighted by Gasteiger charge is -2.30. The second kappa shape index (κ2) is 6.52. The van der Waals surface area contributed by atoms with Gasteiger partial charge in [-0.25, -0.2) is 8.42 Å². The van der Waals surface area contributed by atoms with Gasteiger partial charge in [-0.2, -0.15) is 4.31 Å². The Labute approximate surface area is 140 Å². The predicted molar refractivity (Wildman–Crippen MR) is 91.7 cm³/mol. The van der Waals surface area contributed by atoms with Crippen LogP contribution in [0.5, 0.6) is 0 Å². The van der Waals surface area contributed by atoms with Gasteiger partial charge in [0.25, 0.3) is 0 Å². The van der Waals surface area contributed by atoms with E-state index in [9.17, 15) is 8.42 Å². The molecule has 1 saturated heterocycles. The molecule has 1 atom stereocenters. The summed E-state index contributed by atoms with van der Waals surface area (Å²) in [5.41, 5.74) is 0. The number of hydrogen-bond acceptors (Lipinski definition) is 3. The Hall–Kier alpha value is -0.180. The number of piperidine rings is 1. The van der Waals surface area contributed by atoms with Gasteiger partial charge in [-0.3, -0.25) is 0 Å². The average molecular weight is 420 g/mol. The van der Waals surface area contributed by atoms with Crippen LogP contribution in [0.2, 0.25) is 0 Å². The van der Waals surface area contributed by atoms with Crippen molar-refractivity contribution in [2.75, 3.05) is 13.1 Å². The van der Waals surface area contributed by atoms with E-state index in [1.54, 1.807) is 16.4 Å². The fraction of sp³-hybridized carbons (Fsp3) is 0.600. The molecular formula is C15H21IN2O2S. The molecule has 0 bridgehead atoms. The van der Waals surface area contributed by atoms with E-state index in [0.29, 0.717) is 17.5 Å². The molecule has 1 aliphatic carbocycles. The van der Waals surface area contributed by atoms with Crippen molar-refractivity contribution in [2.24, 2.45) is 0 Å². The third-order valence-corrected chi connectivity index (χ3v) is 6.84. The summed E-state index contributed by atoms with van der Waals surface area (Å²) in [6, 6.07) is 7.67. The summed E-state index contributed by atoms with van der Waals surface area (Å²) in [6.07, 6.45) is 5.46. The number of nitrogens with zero attached hydrogens (tertiary/aromatic N) is 1. The molecule has 0 amide bonds. The van der Waals surface area contributed by atoms with Crippen LogP contribution in [0.15, 0.2) is 29.2 Å². The molecule has 1 aromatic carbocycles. The maximum atomic E-state index is 12.9. The maximum Gasteiger partial charge on any atom is 0.243 e. The molecule has 3 rings (SSSR count). The van der Waals surface area contributed by atoms with Gasteiger partial charge in [0.05, 0.1) is 4.90 Å². The first-order chi connectivity index (χ1) is 10.1. The van der Waals surface area contributed by atoms with Gasteiger partial charge in [0.2, 0.25) is 10.0 Å². The number of nitrogens with one attached hydrogen (secondary N) is 1. The Morgan fingerprint density at radius 3 is 2.43 bits per heavy atom. The third-order valence-electron chi connectivity index (χ3n) is 4.19. The fourth-order valence-corrected chi connectivity index (χ4v) is 4.93. The molecule has 4 nitrogen and oxygen atoms in total. The Morgan fingerprint density at radius 2 is 1.86 bits per heavy atom. The van der Waals surface area contributed by atoms with E-state index in [2.05, 4.69) is 27.9 Å². The summed E-state index contributed by atoms with van der Waals surface area (Å²) in [7, 11) is -3.36. The molecule has 1 aromatic rings. The molecule has 6 heteroatoms. The van der Waals surface area contributed by atoms with Crippen molar-refractivity contribution in [3.05, 3.63) is 27.8 Å². The molecule has 116 valence electrons. The number of halogens is 1. The zero-order valence-electron chi connectivity index (χ0n) is 12.0. The second-order valence-electron chi connectivity index (χ2n) is 5.91. The first kappa shape index (κ1) is 15.7. The van der Waals surface area contributed by atoms with E-state index < -0.39 is 10.0 Å². The van der Waals surface area contributed by atoms with Crippen LogP contribution in [0.25, 0.3) is 0 Å². The van der Waals surface area contributed by atoms with Gasteiger partial charge < -0.3 is 5.32 Å². The summed E-state index contributed by atoms with van der Waals surface area (Å²) in [5, 5.41) is 3.46. The first-order valence-electron chi connectivity index (χ1n) is 7.58. The molecule has 1 unspecified atom stereocenters. The van der Waals surface area contributed by atoms with E-state index in [0.717, 1.165) is 29.4 Å². The topological polar surface area (TPSA) is 49.4 Å². The molecule has 21 heavy (non-hydrogen) atoms. The van der Waals surface area contributed by atoms with E-state index >= 15 is 0 Å². The Kier molecular flexibility index (Phi) is 4.87. The van der Waals surface area contributed by atoms with Crippen LogP contribution in [0.4, 0.5) is 0 Å². The lowest BCUT2D eigenvalue weighted by atomic mass is 10.1. The summed E-state index contributed by atoms with van der Waals surface area (Å²) in [5.74, 6) is 0. The minimum atomic E-state index is -3.36. The number of hydrogen-bond donors (Lipinski definition) is 1. The highest BCUT2D eigenvalue weighted by molar-refractivity contribution is 14.1. The van der Waals surface area contributed by atoms with Crippen LogP contribution in [-0.2, 0) is 10.0 Å². The van der Waals surface area contributed by atoms with E-state index in [-0.39, 0.29) is 6.04 Å². The number of rotatable bonds is 5. The van der Waals surface area contributed by atoms with Gasteiger partial charge in [0, 0.05) is 22.2 Å². The zero-order chi connectivity index (χ0) is 14.9. The predicted octanol–water partition coefficient (Wildman–Crippen LogP) is 2.59. The van der Waals surface area contributed by atoms with Crippen LogP contribution < -0.4 is 5.32 Å². The lowest BCUT2D eigenvalue weighted by Crippen LogP contribution is -2.46. The van der Waals surface area contributed by atoms with Crippen LogP contribution in [0, 0.1) is 3.57 Å². The normalized spacial score (nSPS) is 23.4. The number of sulfonamides is 1. The van der Waals surface area contributed by atoms with Gasteiger partial charge in [-0.15, -0.1) is 0 Å². The SMILES string of the molecule is O=S(=O)(c1ccc(I)cc1)N(CC1CCCCN1)C1CC1. The molecule has 0 radical (unpaired) electrons. The van der Waals surface area contributed by atoms with Crippen LogP contribution >= 0.6 is 22.6 Å². The van der Waals surface area contributed by atoms with Crippen molar-refractivity contribution in [1.29, 1.82) is 0 Å². The summed E-state index contributed by atoms with van der Waals surface area (Å²) >= 11 is 2.19. The minimum absolute atomic E-state index is 0.206. The van der Waals surface area contributed by atoms with E-state index in [4.69, 9.17) is 0 Å². The largest absolute Gasteiger partial charge is 0.313 e. The monoisotopic (exact) mass is 420 g/mol. The highest BCUT2D eigenvalue weighted by Crippen LogP contribution is 2.32. The molecule has 1 saturated carbocycles. The first-order valence-corrected chi connectivity index (χ1v) is 10.1. The van der Waals surface area contributed by atoms with Crippen LogP contribution in [0.1, 0.15) is 32.1 Å². The van der Waals surface area contributed by atoms with Gasteiger partial charge in [0.15, 0.2) is 0 Å². The Balaban J connectivity index is 1.80. The van der Waals surface area contributed by atoms with Crippen molar-refractivity contribution < 1.29 is 8.42 Å². The molecule has 1 heterocycles. The van der Waals surface area contributed by atoms with Crippen molar-refractivity contribution in [2.45, 2.75) is 49.1 Å². The molecule has 2 aliphatic rings. The lowest BCUT2D eigenvalue weighted by molar-refractivity contribution is 0.307. The Bertz CT molecular complexity index is 578. The van der Waals surface area contributed by atoms with Crippen molar-refractivity contribution in [3.63, 3.8) is 0 Å². The molecule has 1 N–H and O–H groups in total. The molecule has 0 spiro atoms. The van der Waals surface area contributed by atoms with Crippen molar-refractivity contribution >= 4 is 32.6 Å². The third kappa shape index (κ3) is 3.78. The summed E-state index contributed by atoms with van der Waals surface area (Å²) in [6.45, 7) is 1.62. The quantitative estimate of drug-likeness (QED) is 0.746. The Morgan fingerprint density at radius 1 is 1.14 bits per heavy atom. The molecule has 0 aromatic heterocycles. The highest BCUT2D eigenvalue weighted by Gasteiger charge is 2.39. The maximum absolute atomic E-state index is 12.9. The standard InChI is InChI=1S/C15H21IN2O2S/c16-12-4-8-15(9-5-12)21(19,20)18(14-6-7-14)11-13-3-1-2-10-17-13/h4-5,8-9,13-14,17H,1-3,6-7,10-11H2.